The number of hydrogen-bond acceptors (Lipinski definition) is 4. The minimum atomic E-state index is -0.225. The van der Waals surface area contributed by atoms with Gasteiger partial charge in [0.1, 0.15) is 5.82 Å². The Morgan fingerprint density at radius 3 is 2.69 bits per heavy atom. The maximum Gasteiger partial charge on any atom is 0.123 e. The van der Waals surface area contributed by atoms with Crippen molar-refractivity contribution in [1.82, 2.24) is 9.88 Å². The van der Waals surface area contributed by atoms with Gasteiger partial charge < -0.3 is 10.4 Å². The van der Waals surface area contributed by atoms with Gasteiger partial charge in [-0.2, -0.15) is 0 Å². The molecule has 0 aliphatic carbocycles. The maximum absolute atomic E-state index is 13.8. The van der Waals surface area contributed by atoms with Gasteiger partial charge in [-0.15, -0.1) is 0 Å². The van der Waals surface area contributed by atoms with Gasteiger partial charge in [0.25, 0.3) is 0 Å². The van der Waals surface area contributed by atoms with Gasteiger partial charge in [-0.25, -0.2) is 4.39 Å². The van der Waals surface area contributed by atoms with Gasteiger partial charge in [0.05, 0.1) is 12.6 Å². The quantitative estimate of drug-likeness (QED) is 0.701. The Hall–Kier alpha value is -2.76. The minimum absolute atomic E-state index is 0.0509. The van der Waals surface area contributed by atoms with Crippen LogP contribution in [0.2, 0.25) is 0 Å². The molecule has 0 radical (unpaired) electrons. The highest BCUT2D eigenvalue weighted by Crippen LogP contribution is 2.47. The highest BCUT2D eigenvalue weighted by molar-refractivity contribution is 5.70. The lowest BCUT2D eigenvalue weighted by molar-refractivity contribution is 0.172. The smallest absolute Gasteiger partial charge is 0.123 e. The molecule has 4 nitrogen and oxygen atoms in total. The van der Waals surface area contributed by atoms with Crippen molar-refractivity contribution in [2.24, 2.45) is 5.92 Å². The molecular formula is C24H24FN3O. The molecule has 2 aromatic carbocycles. The first kappa shape index (κ1) is 18.3. The third-order valence-corrected chi connectivity index (χ3v) is 6.27. The van der Waals surface area contributed by atoms with Crippen LogP contribution in [0, 0.1) is 11.7 Å². The number of hydrogen-bond donors (Lipinski definition) is 2. The second kappa shape index (κ2) is 7.58. The molecule has 1 saturated heterocycles. The molecule has 2 N–H and O–H groups in total. The largest absolute Gasteiger partial charge is 0.394 e. The molecule has 3 aromatic rings. The molecule has 0 bridgehead atoms. The Kier molecular flexibility index (Phi) is 4.78. The van der Waals surface area contributed by atoms with Crippen LogP contribution in [-0.4, -0.2) is 34.2 Å². The molecule has 2 aliphatic heterocycles. The zero-order valence-electron chi connectivity index (χ0n) is 16.1. The Labute approximate surface area is 170 Å². The SMILES string of the molecule is OCC1Nc2ccc(-c3cccc(F)c3)cc2C2[C@@H]1CCN2Cc1ccncc1. The number of anilines is 1. The summed E-state index contributed by atoms with van der Waals surface area (Å²) in [7, 11) is 0. The van der Waals surface area contributed by atoms with E-state index in [0.717, 1.165) is 36.3 Å². The van der Waals surface area contributed by atoms with E-state index in [1.807, 2.05) is 24.5 Å². The summed E-state index contributed by atoms with van der Waals surface area (Å²) in [5, 5.41) is 13.5. The van der Waals surface area contributed by atoms with Crippen LogP contribution in [0.25, 0.3) is 11.1 Å². The van der Waals surface area contributed by atoms with E-state index < -0.39 is 0 Å². The number of nitrogens with zero attached hydrogens (tertiary/aromatic N) is 2. The van der Waals surface area contributed by atoms with Gasteiger partial charge in [-0.05, 0) is 71.6 Å². The summed E-state index contributed by atoms with van der Waals surface area (Å²) in [6, 6.07) is 17.4. The van der Waals surface area contributed by atoms with Crippen LogP contribution >= 0.6 is 0 Å². The number of aliphatic hydroxyl groups is 1. The summed E-state index contributed by atoms with van der Waals surface area (Å²) >= 11 is 0. The molecule has 3 atom stereocenters. The number of rotatable bonds is 4. The fraction of sp³-hybridized carbons (Fsp3) is 0.292. The van der Waals surface area contributed by atoms with E-state index >= 15 is 0 Å². The second-order valence-corrected chi connectivity index (χ2v) is 7.97. The van der Waals surface area contributed by atoms with Crippen molar-refractivity contribution in [3.63, 3.8) is 0 Å². The molecule has 0 saturated carbocycles. The van der Waals surface area contributed by atoms with Crippen molar-refractivity contribution in [2.75, 3.05) is 18.5 Å². The van der Waals surface area contributed by atoms with Crippen molar-refractivity contribution in [1.29, 1.82) is 0 Å². The third-order valence-electron chi connectivity index (χ3n) is 6.27. The highest BCUT2D eigenvalue weighted by atomic mass is 19.1. The minimum Gasteiger partial charge on any atom is -0.394 e. The predicted molar refractivity (Wildman–Crippen MR) is 112 cm³/mol. The van der Waals surface area contributed by atoms with Crippen LogP contribution in [0.4, 0.5) is 10.1 Å². The molecule has 1 aromatic heterocycles. The molecule has 0 amide bonds. The third kappa shape index (κ3) is 3.41. The summed E-state index contributed by atoms with van der Waals surface area (Å²) in [6.45, 7) is 1.96. The maximum atomic E-state index is 13.8. The van der Waals surface area contributed by atoms with Gasteiger partial charge in [-0.1, -0.05) is 18.2 Å². The number of fused-ring (bicyclic) bond motifs is 3. The normalized spacial score (nSPS) is 23.3. The van der Waals surface area contributed by atoms with E-state index in [2.05, 4.69) is 39.5 Å². The first-order chi connectivity index (χ1) is 14.2. The van der Waals surface area contributed by atoms with Crippen LogP contribution in [0.3, 0.4) is 0 Å². The van der Waals surface area contributed by atoms with E-state index in [4.69, 9.17) is 0 Å². The number of aliphatic hydroxyl groups excluding tert-OH is 1. The van der Waals surface area contributed by atoms with Gasteiger partial charge in [0.2, 0.25) is 0 Å². The average molecular weight is 389 g/mol. The first-order valence-corrected chi connectivity index (χ1v) is 10.1. The fourth-order valence-corrected chi connectivity index (χ4v) is 4.91. The Morgan fingerprint density at radius 2 is 1.90 bits per heavy atom. The fourth-order valence-electron chi connectivity index (χ4n) is 4.91. The summed E-state index contributed by atoms with van der Waals surface area (Å²) in [5.74, 6) is 0.119. The van der Waals surface area contributed by atoms with Crippen LogP contribution in [0.5, 0.6) is 0 Å². The van der Waals surface area contributed by atoms with Crippen molar-refractivity contribution in [2.45, 2.75) is 25.0 Å². The number of likely N-dealkylation sites (tertiary alicyclic amines) is 1. The molecular weight excluding hydrogens is 365 g/mol. The number of nitrogens with one attached hydrogen (secondary N) is 1. The van der Waals surface area contributed by atoms with E-state index in [9.17, 15) is 9.50 Å². The highest BCUT2D eigenvalue weighted by Gasteiger charge is 2.43. The lowest BCUT2D eigenvalue weighted by atomic mass is 9.82. The number of pyridine rings is 1. The molecule has 148 valence electrons. The van der Waals surface area contributed by atoms with Crippen molar-refractivity contribution in [3.05, 3.63) is 83.9 Å². The van der Waals surface area contributed by atoms with Crippen LogP contribution < -0.4 is 5.32 Å². The molecule has 3 heterocycles. The zero-order valence-corrected chi connectivity index (χ0v) is 16.1. The lowest BCUT2D eigenvalue weighted by Gasteiger charge is -2.39. The lowest BCUT2D eigenvalue weighted by Crippen LogP contribution is -2.41. The Bertz CT molecular complexity index is 1010. The summed E-state index contributed by atoms with van der Waals surface area (Å²) < 4.78 is 13.8. The van der Waals surface area contributed by atoms with E-state index in [-0.39, 0.29) is 24.5 Å². The molecule has 5 heteroatoms. The zero-order chi connectivity index (χ0) is 19.8. The number of aromatic nitrogens is 1. The van der Waals surface area contributed by atoms with Crippen molar-refractivity contribution >= 4 is 5.69 Å². The van der Waals surface area contributed by atoms with Crippen LogP contribution in [0.1, 0.15) is 23.6 Å². The van der Waals surface area contributed by atoms with Gasteiger partial charge in [0, 0.05) is 36.6 Å². The molecule has 29 heavy (non-hydrogen) atoms. The van der Waals surface area contributed by atoms with Gasteiger partial charge in [-0.3, -0.25) is 9.88 Å². The predicted octanol–water partition coefficient (Wildman–Crippen LogP) is 4.24. The summed E-state index contributed by atoms with van der Waals surface area (Å²) in [4.78, 5) is 6.62. The molecule has 1 fully saturated rings. The van der Waals surface area contributed by atoms with E-state index in [1.165, 1.54) is 17.2 Å². The van der Waals surface area contributed by atoms with Crippen molar-refractivity contribution < 1.29 is 9.50 Å². The second-order valence-electron chi connectivity index (χ2n) is 7.97. The summed E-state index contributed by atoms with van der Waals surface area (Å²) in [5.41, 5.74) is 5.43. The van der Waals surface area contributed by atoms with E-state index in [1.54, 1.807) is 12.1 Å². The van der Waals surface area contributed by atoms with Gasteiger partial charge >= 0.3 is 0 Å². The van der Waals surface area contributed by atoms with Gasteiger partial charge in [0.15, 0.2) is 0 Å². The monoisotopic (exact) mass is 389 g/mol. The molecule has 2 unspecified atom stereocenters. The molecule has 0 spiro atoms. The Morgan fingerprint density at radius 1 is 1.07 bits per heavy atom. The first-order valence-electron chi connectivity index (χ1n) is 10.1. The number of halogens is 1. The van der Waals surface area contributed by atoms with E-state index in [0.29, 0.717) is 5.92 Å². The van der Waals surface area contributed by atoms with Crippen LogP contribution in [0.15, 0.2) is 67.0 Å². The Balaban J connectivity index is 1.54. The summed E-state index contributed by atoms with van der Waals surface area (Å²) in [6.07, 6.45) is 4.70. The standard InChI is InChI=1S/C24H24FN3O/c25-19-3-1-2-17(12-19)18-4-5-22-21(13-18)24-20(23(15-29)27-22)8-11-28(24)14-16-6-9-26-10-7-16/h1-7,9-10,12-13,20,23-24,27,29H,8,11,14-15H2/t20-,23?,24?/m1/s1. The average Bonchev–Trinajstić information content (AvgIpc) is 3.17. The van der Waals surface area contributed by atoms with Crippen LogP contribution in [-0.2, 0) is 6.54 Å². The number of benzene rings is 2. The van der Waals surface area contributed by atoms with Crippen molar-refractivity contribution in [3.8, 4) is 11.1 Å². The topological polar surface area (TPSA) is 48.4 Å². The molecule has 2 aliphatic rings. The molecule has 5 rings (SSSR count).